The summed E-state index contributed by atoms with van der Waals surface area (Å²) in [5, 5.41) is 7.99. The van der Waals surface area contributed by atoms with Gasteiger partial charge in [0, 0.05) is 43.1 Å². The molecular weight excluding hydrogens is 484 g/mol. The van der Waals surface area contributed by atoms with Gasteiger partial charge in [-0.15, -0.1) is 0 Å². The molecule has 0 bridgehead atoms. The van der Waals surface area contributed by atoms with Crippen LogP contribution in [0.3, 0.4) is 0 Å². The third-order valence-electron chi connectivity index (χ3n) is 7.10. The molecule has 0 aliphatic carbocycles. The van der Waals surface area contributed by atoms with Crippen LogP contribution in [-0.2, 0) is 13.2 Å². The van der Waals surface area contributed by atoms with Crippen LogP contribution in [0.25, 0.3) is 22.3 Å². The molecule has 1 aliphatic rings. The zero-order chi connectivity index (χ0) is 26.6. The fourth-order valence-electron chi connectivity index (χ4n) is 5.32. The van der Waals surface area contributed by atoms with Gasteiger partial charge in [-0.05, 0) is 60.9 Å². The van der Waals surface area contributed by atoms with E-state index in [0.29, 0.717) is 18.7 Å². The smallest absolute Gasteiger partial charge is 0.143 e. The molecule has 1 saturated heterocycles. The lowest BCUT2D eigenvalue weighted by atomic mass is 10.1. The maximum absolute atomic E-state index is 5.92. The number of benzene rings is 3. The van der Waals surface area contributed by atoms with Crippen molar-refractivity contribution in [3.8, 4) is 17.0 Å². The molecule has 198 valence electrons. The second-order valence-electron chi connectivity index (χ2n) is 10.5. The molecule has 3 heterocycles. The van der Waals surface area contributed by atoms with Crippen molar-refractivity contribution in [3.05, 3.63) is 102 Å². The van der Waals surface area contributed by atoms with E-state index in [-0.39, 0.29) is 0 Å². The van der Waals surface area contributed by atoms with Crippen molar-refractivity contribution in [3.63, 3.8) is 0 Å². The Balaban J connectivity index is 1.13. The van der Waals surface area contributed by atoms with Gasteiger partial charge in [-0.25, -0.2) is 9.97 Å². The van der Waals surface area contributed by atoms with Gasteiger partial charge in [0.1, 0.15) is 30.1 Å². The van der Waals surface area contributed by atoms with Gasteiger partial charge < -0.3 is 20.4 Å². The van der Waals surface area contributed by atoms with Crippen LogP contribution in [0.5, 0.6) is 5.75 Å². The molecule has 7 heteroatoms. The Morgan fingerprint density at radius 2 is 1.62 bits per heavy atom. The van der Waals surface area contributed by atoms with Crippen LogP contribution in [0.2, 0.25) is 0 Å². The molecule has 0 radical (unpaired) electrons. The van der Waals surface area contributed by atoms with Crippen molar-refractivity contribution in [1.82, 2.24) is 25.2 Å². The third kappa shape index (κ3) is 6.11. The highest BCUT2D eigenvalue weighted by Crippen LogP contribution is 2.29. The van der Waals surface area contributed by atoms with Gasteiger partial charge in [0.25, 0.3) is 0 Å². The summed E-state index contributed by atoms with van der Waals surface area (Å²) >= 11 is 0. The Bertz CT molecular complexity index is 1500. The number of ether oxygens (including phenoxy) is 1. The van der Waals surface area contributed by atoms with E-state index in [2.05, 4.69) is 86.8 Å². The zero-order valence-electron chi connectivity index (χ0n) is 22.4. The van der Waals surface area contributed by atoms with Gasteiger partial charge in [0.2, 0.25) is 0 Å². The standard InChI is InChI=1S/C32H34N6O/c1-22-17-38(18-23(2)35-22)19-24-8-10-26(11-9-24)30-16-29-31(33-21-34-32(29)37-30)36-27-12-14-28(15-13-27)39-20-25-6-4-3-5-7-25/h3-16,21-23,35H,17-20H2,1-2H3,(H2,33,34,36,37). The van der Waals surface area contributed by atoms with Gasteiger partial charge in [-0.2, -0.15) is 0 Å². The molecule has 2 atom stereocenters. The second kappa shape index (κ2) is 11.3. The Kier molecular flexibility index (Phi) is 7.25. The van der Waals surface area contributed by atoms with Gasteiger partial charge in [-0.1, -0.05) is 54.6 Å². The first-order chi connectivity index (χ1) is 19.1. The molecule has 7 nitrogen and oxygen atoms in total. The van der Waals surface area contributed by atoms with Crippen LogP contribution in [0.1, 0.15) is 25.0 Å². The molecule has 2 unspecified atom stereocenters. The number of H-pyrrole nitrogens is 1. The van der Waals surface area contributed by atoms with Gasteiger partial charge in [0.15, 0.2) is 0 Å². The Morgan fingerprint density at radius 1 is 0.872 bits per heavy atom. The quantitative estimate of drug-likeness (QED) is 0.229. The SMILES string of the molecule is CC1CN(Cc2ccc(-c3cc4c(Nc5ccc(OCc6ccccc6)cc5)ncnc4[nH]3)cc2)CC(C)N1. The van der Waals surface area contributed by atoms with E-state index in [4.69, 9.17) is 4.74 Å². The van der Waals surface area contributed by atoms with Gasteiger partial charge in [-0.3, -0.25) is 4.90 Å². The molecule has 39 heavy (non-hydrogen) atoms. The summed E-state index contributed by atoms with van der Waals surface area (Å²) in [5.74, 6) is 1.59. The fourth-order valence-corrected chi connectivity index (χ4v) is 5.32. The average molecular weight is 519 g/mol. The number of nitrogens with one attached hydrogen (secondary N) is 3. The van der Waals surface area contributed by atoms with Gasteiger partial charge >= 0.3 is 0 Å². The van der Waals surface area contributed by atoms with Crippen molar-refractivity contribution in [2.75, 3.05) is 18.4 Å². The van der Waals surface area contributed by atoms with E-state index in [1.807, 2.05) is 42.5 Å². The maximum Gasteiger partial charge on any atom is 0.143 e. The van der Waals surface area contributed by atoms with E-state index >= 15 is 0 Å². The summed E-state index contributed by atoms with van der Waals surface area (Å²) in [4.78, 5) is 15.0. The highest BCUT2D eigenvalue weighted by molar-refractivity contribution is 5.92. The van der Waals surface area contributed by atoms with Crippen LogP contribution >= 0.6 is 0 Å². The van der Waals surface area contributed by atoms with Crippen LogP contribution in [0.15, 0.2) is 91.3 Å². The van der Waals surface area contributed by atoms with E-state index in [1.54, 1.807) is 6.33 Å². The number of piperazine rings is 1. The monoisotopic (exact) mass is 518 g/mol. The van der Waals surface area contributed by atoms with Crippen molar-refractivity contribution in [2.45, 2.75) is 39.1 Å². The topological polar surface area (TPSA) is 78.1 Å². The van der Waals surface area contributed by atoms with Crippen molar-refractivity contribution >= 4 is 22.5 Å². The molecule has 0 amide bonds. The van der Waals surface area contributed by atoms with Crippen LogP contribution in [0, 0.1) is 0 Å². The maximum atomic E-state index is 5.92. The summed E-state index contributed by atoms with van der Waals surface area (Å²) in [6, 6.07) is 30.1. The molecule has 0 spiro atoms. The fraction of sp³-hybridized carbons (Fsp3) is 0.250. The Hall–Kier alpha value is -4.20. The number of fused-ring (bicyclic) bond motifs is 1. The molecule has 0 saturated carbocycles. The lowest BCUT2D eigenvalue weighted by Crippen LogP contribution is -2.53. The third-order valence-corrected chi connectivity index (χ3v) is 7.10. The van der Waals surface area contributed by atoms with Crippen LogP contribution in [0.4, 0.5) is 11.5 Å². The summed E-state index contributed by atoms with van der Waals surface area (Å²) in [5.41, 5.74) is 6.36. The first kappa shape index (κ1) is 25.1. The normalized spacial score (nSPS) is 17.8. The van der Waals surface area contributed by atoms with Crippen molar-refractivity contribution in [1.29, 1.82) is 0 Å². The summed E-state index contributed by atoms with van der Waals surface area (Å²) in [6.07, 6.45) is 1.58. The lowest BCUT2D eigenvalue weighted by Gasteiger charge is -2.36. The number of anilines is 2. The van der Waals surface area contributed by atoms with E-state index < -0.39 is 0 Å². The highest BCUT2D eigenvalue weighted by atomic mass is 16.5. The number of hydrogen-bond acceptors (Lipinski definition) is 6. The minimum Gasteiger partial charge on any atom is -0.489 e. The van der Waals surface area contributed by atoms with Crippen molar-refractivity contribution in [2.24, 2.45) is 0 Å². The largest absolute Gasteiger partial charge is 0.489 e. The number of hydrogen-bond donors (Lipinski definition) is 3. The number of aromatic amines is 1. The number of aromatic nitrogens is 3. The first-order valence-corrected chi connectivity index (χ1v) is 13.5. The molecule has 6 rings (SSSR count). The molecule has 5 aromatic rings. The molecular formula is C32H34N6O. The Labute approximate surface area is 229 Å². The summed E-state index contributed by atoms with van der Waals surface area (Å²) in [6.45, 7) is 8.17. The lowest BCUT2D eigenvalue weighted by molar-refractivity contribution is 0.166. The zero-order valence-corrected chi connectivity index (χ0v) is 22.4. The van der Waals surface area contributed by atoms with Gasteiger partial charge in [0.05, 0.1) is 5.39 Å². The predicted molar refractivity (Wildman–Crippen MR) is 157 cm³/mol. The number of nitrogens with zero attached hydrogens (tertiary/aromatic N) is 3. The molecule has 1 fully saturated rings. The van der Waals surface area contributed by atoms with Crippen LogP contribution < -0.4 is 15.4 Å². The summed E-state index contributed by atoms with van der Waals surface area (Å²) < 4.78 is 5.92. The minimum absolute atomic E-state index is 0.522. The minimum atomic E-state index is 0.522. The summed E-state index contributed by atoms with van der Waals surface area (Å²) in [7, 11) is 0. The van der Waals surface area contributed by atoms with Crippen LogP contribution in [-0.4, -0.2) is 45.0 Å². The molecule has 3 aromatic carbocycles. The first-order valence-electron chi connectivity index (χ1n) is 13.5. The highest BCUT2D eigenvalue weighted by Gasteiger charge is 2.20. The van der Waals surface area contributed by atoms with E-state index in [9.17, 15) is 0 Å². The molecule has 2 aromatic heterocycles. The predicted octanol–water partition coefficient (Wildman–Crippen LogP) is 6.13. The Morgan fingerprint density at radius 3 is 2.36 bits per heavy atom. The van der Waals surface area contributed by atoms with E-state index in [0.717, 1.165) is 64.7 Å². The number of rotatable bonds is 8. The van der Waals surface area contributed by atoms with Crippen molar-refractivity contribution < 1.29 is 4.74 Å². The molecule has 1 aliphatic heterocycles. The molecule has 3 N–H and O–H groups in total. The second-order valence-corrected chi connectivity index (χ2v) is 10.5. The van der Waals surface area contributed by atoms with E-state index in [1.165, 1.54) is 5.56 Å². The average Bonchev–Trinajstić information content (AvgIpc) is 3.39.